The second-order valence-electron chi connectivity index (χ2n) is 4.51. The first kappa shape index (κ1) is 12.9. The van der Waals surface area contributed by atoms with Gasteiger partial charge in [-0.2, -0.15) is 0 Å². The van der Waals surface area contributed by atoms with Gasteiger partial charge in [-0.15, -0.1) is 0 Å². The van der Waals surface area contributed by atoms with E-state index in [1.165, 1.54) is 0 Å². The Morgan fingerprint density at radius 3 is 2.44 bits per heavy atom. The summed E-state index contributed by atoms with van der Waals surface area (Å²) in [6, 6.07) is 0.471. The summed E-state index contributed by atoms with van der Waals surface area (Å²) < 4.78 is 7.19. The van der Waals surface area contributed by atoms with Crippen LogP contribution in [0.2, 0.25) is 0 Å². The van der Waals surface area contributed by atoms with Crippen molar-refractivity contribution in [3.8, 4) is 0 Å². The van der Waals surface area contributed by atoms with Gasteiger partial charge in [0.25, 0.3) is 0 Å². The number of hydrogen-bond acceptors (Lipinski definition) is 2. The van der Waals surface area contributed by atoms with Crippen molar-refractivity contribution in [3.63, 3.8) is 0 Å². The Kier molecular flexibility index (Phi) is 5.50. The van der Waals surface area contributed by atoms with Crippen LogP contribution in [-0.4, -0.2) is 22.2 Å². The quantitative estimate of drug-likeness (QED) is 0.742. The molecule has 0 aromatic heterocycles. The van der Waals surface area contributed by atoms with E-state index in [1.807, 2.05) is 6.08 Å². The smallest absolute Gasteiger partial charge is 0.331 e. The maximum absolute atomic E-state index is 10.4. The van der Waals surface area contributed by atoms with E-state index in [0.29, 0.717) is 24.5 Å². The summed E-state index contributed by atoms with van der Waals surface area (Å²) in [7, 11) is 0. The molecule has 2 aliphatic rings. The van der Waals surface area contributed by atoms with Crippen LogP contribution in [0.3, 0.4) is 0 Å². The lowest BCUT2D eigenvalue weighted by Crippen LogP contribution is -2.13. The summed E-state index contributed by atoms with van der Waals surface area (Å²) in [5.74, 6) is -1.81. The molecule has 0 aliphatic heterocycles. The molecule has 0 fully saturated rings. The molecule has 18 heavy (non-hydrogen) atoms. The van der Waals surface area contributed by atoms with E-state index >= 15 is 0 Å². The zero-order valence-corrected chi connectivity index (χ0v) is 10.4. The number of carboxylic acids is 2. The Labute approximate surface area is 108 Å². The first-order chi connectivity index (χ1) is 9.00. The van der Waals surface area contributed by atoms with Gasteiger partial charge in [-0.05, 0) is 44.9 Å². The van der Waals surface area contributed by atoms with Crippen molar-refractivity contribution >= 4 is 11.9 Å². The van der Waals surface area contributed by atoms with Crippen LogP contribution in [0.5, 0.6) is 0 Å². The molecule has 0 aromatic rings. The minimum Gasteiger partial charge on any atom is -0.481 e. The molecule has 0 bridgehead atoms. The standard InChI is InChI=1S/2C7H10O2/c2*8-7(9)6-4-2-1-3-5-6/h4H,1-3,5H2,(H,8,9);1-2,6H,3-5H2,(H,8,9)/i;2D. The molecule has 0 heterocycles. The number of allylic oxidation sites excluding steroid dienone is 3. The van der Waals surface area contributed by atoms with Crippen molar-refractivity contribution in [2.75, 3.05) is 0 Å². The number of carbonyl (C=O) groups is 2. The van der Waals surface area contributed by atoms with Crippen molar-refractivity contribution in [1.82, 2.24) is 0 Å². The average Bonchev–Trinajstić information content (AvgIpc) is 2.40. The van der Waals surface area contributed by atoms with Crippen LogP contribution in [0.15, 0.2) is 23.8 Å². The number of rotatable bonds is 2. The van der Waals surface area contributed by atoms with Gasteiger partial charge in [-0.3, -0.25) is 4.79 Å². The molecular formula is C14H20O4. The van der Waals surface area contributed by atoms with E-state index < -0.39 is 11.9 Å². The van der Waals surface area contributed by atoms with Crippen LogP contribution in [-0.2, 0) is 9.59 Å². The van der Waals surface area contributed by atoms with Gasteiger partial charge in [0, 0.05) is 5.57 Å². The zero-order chi connectivity index (χ0) is 14.3. The SMILES string of the molecule is O=C(O)C1=CCCCC1.[2H]C1=CCCC(C(=O)O)C1. The van der Waals surface area contributed by atoms with E-state index in [4.69, 9.17) is 11.6 Å². The largest absolute Gasteiger partial charge is 0.481 e. The van der Waals surface area contributed by atoms with E-state index in [0.717, 1.165) is 32.1 Å². The number of aliphatic carboxylic acids is 2. The fourth-order valence-corrected chi connectivity index (χ4v) is 1.96. The fourth-order valence-electron chi connectivity index (χ4n) is 1.96. The molecule has 1 atom stereocenters. The summed E-state index contributed by atoms with van der Waals surface area (Å²) in [6.07, 6.45) is 9.36. The van der Waals surface area contributed by atoms with Gasteiger partial charge in [0.2, 0.25) is 0 Å². The first-order valence-corrected chi connectivity index (χ1v) is 6.31. The van der Waals surface area contributed by atoms with Crippen LogP contribution in [0.25, 0.3) is 0 Å². The lowest BCUT2D eigenvalue weighted by atomic mass is 9.95. The summed E-state index contributed by atoms with van der Waals surface area (Å²) in [5.41, 5.74) is 0.598. The van der Waals surface area contributed by atoms with Gasteiger partial charge in [0.15, 0.2) is 0 Å². The van der Waals surface area contributed by atoms with Gasteiger partial charge < -0.3 is 10.2 Å². The highest BCUT2D eigenvalue weighted by Crippen LogP contribution is 2.17. The van der Waals surface area contributed by atoms with Gasteiger partial charge in [-0.25, -0.2) is 4.79 Å². The van der Waals surface area contributed by atoms with Crippen LogP contribution in [0.4, 0.5) is 0 Å². The topological polar surface area (TPSA) is 74.6 Å². The molecule has 2 rings (SSSR count). The fraction of sp³-hybridized carbons (Fsp3) is 0.571. The summed E-state index contributed by atoms with van der Waals surface area (Å²) in [6.45, 7) is 0. The van der Waals surface area contributed by atoms with E-state index in [9.17, 15) is 9.59 Å². The Morgan fingerprint density at radius 1 is 1.28 bits per heavy atom. The molecule has 2 aliphatic carbocycles. The molecular weight excluding hydrogens is 232 g/mol. The van der Waals surface area contributed by atoms with Crippen LogP contribution in [0, 0.1) is 5.92 Å². The minimum atomic E-state index is -0.766. The highest BCUT2D eigenvalue weighted by molar-refractivity contribution is 5.86. The maximum Gasteiger partial charge on any atom is 0.331 e. The molecule has 4 nitrogen and oxygen atoms in total. The third kappa shape index (κ3) is 5.17. The van der Waals surface area contributed by atoms with Crippen molar-refractivity contribution < 1.29 is 21.2 Å². The Morgan fingerprint density at radius 2 is 2.06 bits per heavy atom. The van der Waals surface area contributed by atoms with Gasteiger partial charge >= 0.3 is 11.9 Å². The number of hydrogen-bond donors (Lipinski definition) is 2. The molecule has 0 saturated carbocycles. The van der Waals surface area contributed by atoms with Crippen LogP contribution in [0.1, 0.15) is 46.3 Å². The second-order valence-corrected chi connectivity index (χ2v) is 4.51. The lowest BCUT2D eigenvalue weighted by molar-refractivity contribution is -0.142. The molecule has 2 N–H and O–H groups in total. The van der Waals surface area contributed by atoms with Crippen molar-refractivity contribution in [1.29, 1.82) is 0 Å². The average molecular weight is 253 g/mol. The predicted octanol–water partition coefficient (Wildman–Crippen LogP) is 3.00. The van der Waals surface area contributed by atoms with E-state index in [-0.39, 0.29) is 5.92 Å². The number of carboxylic acid groups (broad SMARTS) is 2. The summed E-state index contributed by atoms with van der Waals surface area (Å²) in [5, 5.41) is 17.0. The molecule has 0 spiro atoms. The normalized spacial score (nSPS) is 23.8. The highest BCUT2D eigenvalue weighted by Gasteiger charge is 2.16. The molecule has 0 saturated heterocycles. The first-order valence-electron chi connectivity index (χ1n) is 6.81. The van der Waals surface area contributed by atoms with E-state index in [1.54, 1.807) is 6.08 Å². The summed E-state index contributed by atoms with van der Waals surface area (Å²) >= 11 is 0. The second kappa shape index (κ2) is 7.69. The molecule has 1 unspecified atom stereocenters. The highest BCUT2D eigenvalue weighted by atomic mass is 16.4. The lowest BCUT2D eigenvalue weighted by Gasteiger charge is -2.11. The Hall–Kier alpha value is -1.58. The third-order valence-electron chi connectivity index (χ3n) is 3.08. The van der Waals surface area contributed by atoms with Gasteiger partial charge in [0.05, 0.1) is 7.29 Å². The minimum absolute atomic E-state index is 0.308. The van der Waals surface area contributed by atoms with Crippen molar-refractivity contribution in [3.05, 3.63) is 23.8 Å². The van der Waals surface area contributed by atoms with Gasteiger partial charge in [-0.1, -0.05) is 18.2 Å². The maximum atomic E-state index is 10.4. The van der Waals surface area contributed by atoms with Crippen molar-refractivity contribution in [2.45, 2.75) is 44.9 Å². The predicted molar refractivity (Wildman–Crippen MR) is 68.3 cm³/mol. The Balaban J connectivity index is 0.000000191. The molecule has 0 aromatic carbocycles. The van der Waals surface area contributed by atoms with Gasteiger partial charge in [0.1, 0.15) is 0 Å². The third-order valence-corrected chi connectivity index (χ3v) is 3.08. The van der Waals surface area contributed by atoms with Crippen molar-refractivity contribution in [2.24, 2.45) is 5.92 Å². The van der Waals surface area contributed by atoms with E-state index in [2.05, 4.69) is 0 Å². The monoisotopic (exact) mass is 253 g/mol. The summed E-state index contributed by atoms with van der Waals surface area (Å²) in [4.78, 5) is 20.7. The molecule has 0 radical (unpaired) electrons. The molecule has 100 valence electrons. The zero-order valence-electron chi connectivity index (χ0n) is 11.4. The van der Waals surface area contributed by atoms with Crippen LogP contribution < -0.4 is 0 Å². The molecule has 4 heteroatoms. The molecule has 0 amide bonds. The van der Waals surface area contributed by atoms with Crippen LogP contribution >= 0.6 is 0 Å². The Bertz CT molecular complexity index is 398.